The van der Waals surface area contributed by atoms with Crippen molar-refractivity contribution in [3.8, 4) is 0 Å². The molecule has 0 atom stereocenters. The van der Waals surface area contributed by atoms with Crippen LogP contribution in [-0.2, 0) is 6.54 Å². The zero-order valence-corrected chi connectivity index (χ0v) is 20.1. The van der Waals surface area contributed by atoms with Gasteiger partial charge in [-0.2, -0.15) is 9.78 Å². The molecule has 3 aliphatic heterocycles. The summed E-state index contributed by atoms with van der Waals surface area (Å²) >= 11 is 6.37. The second kappa shape index (κ2) is 9.11. The van der Waals surface area contributed by atoms with E-state index in [1.807, 2.05) is 11.0 Å². The monoisotopic (exact) mass is 469 g/mol. The number of carbonyl (C=O) groups excluding carboxylic acids is 2. The molecule has 7 nitrogen and oxygen atoms in total. The van der Waals surface area contributed by atoms with Crippen LogP contribution in [0.15, 0.2) is 30.5 Å². The number of rotatable bonds is 4. The minimum absolute atomic E-state index is 0.127. The number of carbonyl (C=O) groups is 2. The van der Waals surface area contributed by atoms with Gasteiger partial charge in [-0.25, -0.2) is 4.79 Å². The summed E-state index contributed by atoms with van der Waals surface area (Å²) in [5.74, 6) is -0.127. The lowest BCUT2D eigenvalue weighted by Crippen LogP contribution is -2.45. The second-order valence-corrected chi connectivity index (χ2v) is 10.3. The van der Waals surface area contributed by atoms with Gasteiger partial charge in [-0.05, 0) is 73.9 Å². The number of hydrogen-bond donors (Lipinski definition) is 0. The molecule has 3 saturated heterocycles. The Morgan fingerprint density at radius 3 is 2.45 bits per heavy atom. The average Bonchev–Trinajstić information content (AvgIpc) is 3.56. The quantitative estimate of drug-likeness (QED) is 0.625. The first-order valence-corrected chi connectivity index (χ1v) is 12.4. The molecule has 4 heterocycles. The van der Waals surface area contributed by atoms with Gasteiger partial charge in [0.2, 0.25) is 0 Å². The Morgan fingerprint density at radius 1 is 1.03 bits per heavy atom. The lowest BCUT2D eigenvalue weighted by Gasteiger charge is -2.39. The van der Waals surface area contributed by atoms with E-state index in [0.717, 1.165) is 63.7 Å². The van der Waals surface area contributed by atoms with E-state index in [1.165, 1.54) is 42.1 Å². The van der Waals surface area contributed by atoms with Crippen molar-refractivity contribution in [3.63, 3.8) is 0 Å². The molecule has 0 unspecified atom stereocenters. The van der Waals surface area contributed by atoms with Crippen molar-refractivity contribution in [1.82, 2.24) is 19.6 Å². The van der Waals surface area contributed by atoms with Crippen LogP contribution in [-0.4, -0.2) is 70.7 Å². The van der Waals surface area contributed by atoms with Crippen molar-refractivity contribution in [3.05, 3.63) is 46.7 Å². The lowest BCUT2D eigenvalue weighted by atomic mass is 9.78. The summed E-state index contributed by atoms with van der Waals surface area (Å²) < 4.78 is 1.30. The largest absolute Gasteiger partial charge is 0.371 e. The van der Waals surface area contributed by atoms with E-state index in [2.05, 4.69) is 27.0 Å². The Hall–Kier alpha value is -2.38. The minimum atomic E-state index is -0.138. The Bertz CT molecular complexity index is 1040. The fourth-order valence-electron chi connectivity index (χ4n) is 5.69. The molecule has 33 heavy (non-hydrogen) atoms. The number of benzene rings is 1. The topological polar surface area (TPSA) is 61.7 Å². The van der Waals surface area contributed by atoms with Crippen molar-refractivity contribution >= 4 is 29.1 Å². The number of anilines is 1. The first-order valence-electron chi connectivity index (χ1n) is 12.0. The smallest absolute Gasteiger partial charge is 0.344 e. The van der Waals surface area contributed by atoms with Crippen LogP contribution in [0.25, 0.3) is 0 Å². The van der Waals surface area contributed by atoms with E-state index in [4.69, 9.17) is 11.6 Å². The van der Waals surface area contributed by atoms with Crippen LogP contribution >= 0.6 is 11.6 Å². The van der Waals surface area contributed by atoms with Crippen LogP contribution in [0.1, 0.15) is 55.1 Å². The molecule has 176 valence electrons. The van der Waals surface area contributed by atoms with Crippen molar-refractivity contribution in [2.24, 2.45) is 5.41 Å². The number of halogens is 1. The van der Waals surface area contributed by atoms with E-state index in [9.17, 15) is 9.59 Å². The van der Waals surface area contributed by atoms with E-state index in [-0.39, 0.29) is 17.2 Å². The molecule has 8 heteroatoms. The van der Waals surface area contributed by atoms with Gasteiger partial charge in [0.05, 0.1) is 0 Å². The molecule has 1 aromatic heterocycles. The van der Waals surface area contributed by atoms with Gasteiger partial charge in [0.25, 0.3) is 0 Å². The molecule has 5 rings (SSSR count). The number of ketones is 1. The zero-order valence-electron chi connectivity index (χ0n) is 19.3. The predicted molar refractivity (Wildman–Crippen MR) is 129 cm³/mol. The predicted octanol–water partition coefficient (Wildman–Crippen LogP) is 4.30. The zero-order chi connectivity index (χ0) is 23.0. The molecule has 0 radical (unpaired) electrons. The first kappa shape index (κ1) is 22.4. The van der Waals surface area contributed by atoms with Crippen molar-refractivity contribution in [2.45, 2.75) is 45.6 Å². The maximum absolute atomic E-state index is 12.8. The van der Waals surface area contributed by atoms with Gasteiger partial charge in [-0.1, -0.05) is 11.6 Å². The van der Waals surface area contributed by atoms with Crippen LogP contribution in [0.5, 0.6) is 0 Å². The van der Waals surface area contributed by atoms with E-state index < -0.39 is 0 Å². The van der Waals surface area contributed by atoms with Crippen molar-refractivity contribution in [1.29, 1.82) is 0 Å². The fraction of sp³-hybridized carbons (Fsp3) is 0.560. The van der Waals surface area contributed by atoms with Gasteiger partial charge < -0.3 is 9.80 Å². The van der Waals surface area contributed by atoms with E-state index in [1.54, 1.807) is 12.3 Å². The van der Waals surface area contributed by atoms with Gasteiger partial charge in [0.1, 0.15) is 5.69 Å². The highest BCUT2D eigenvalue weighted by atomic mass is 35.5. The standard InChI is InChI=1S/C25H32ClN5O2/c1-19(32)22-6-12-31(27-22)24(33)30-14-8-25(9-15-30)7-13-28(18-25)17-20-16-21(26)4-5-23(20)29-10-2-3-11-29/h4-6,12,16H,2-3,7-11,13-15,17-18H2,1H3. The molecule has 1 spiro atoms. The third-order valence-corrected chi connectivity index (χ3v) is 7.88. The molecule has 0 bridgehead atoms. The number of amides is 1. The highest BCUT2D eigenvalue weighted by molar-refractivity contribution is 6.30. The molecule has 0 saturated carbocycles. The van der Waals surface area contributed by atoms with E-state index >= 15 is 0 Å². The van der Waals surface area contributed by atoms with E-state index in [0.29, 0.717) is 5.69 Å². The van der Waals surface area contributed by atoms with Crippen LogP contribution in [0.4, 0.5) is 10.5 Å². The third kappa shape index (κ3) is 4.66. The molecule has 1 amide bonds. The highest BCUT2D eigenvalue weighted by Crippen LogP contribution is 2.41. The van der Waals surface area contributed by atoms with Crippen LogP contribution in [0.2, 0.25) is 5.02 Å². The number of hydrogen-bond acceptors (Lipinski definition) is 5. The fourth-order valence-corrected chi connectivity index (χ4v) is 5.89. The summed E-state index contributed by atoms with van der Waals surface area (Å²) in [5.41, 5.74) is 3.27. The van der Waals surface area contributed by atoms with Crippen LogP contribution < -0.4 is 4.90 Å². The molecular formula is C25H32ClN5O2. The van der Waals surface area contributed by atoms with Gasteiger partial charge in [-0.15, -0.1) is 0 Å². The maximum Gasteiger partial charge on any atom is 0.344 e. The summed E-state index contributed by atoms with van der Waals surface area (Å²) in [6.45, 7) is 8.27. The number of nitrogens with zero attached hydrogens (tertiary/aromatic N) is 5. The average molecular weight is 470 g/mol. The summed E-state index contributed by atoms with van der Waals surface area (Å²) in [5, 5.41) is 4.94. The molecule has 0 N–H and O–H groups in total. The number of Topliss-reactive ketones (excluding diaryl/α,β-unsaturated/α-hetero) is 1. The Balaban J connectivity index is 1.20. The molecule has 1 aromatic carbocycles. The maximum atomic E-state index is 12.8. The lowest BCUT2D eigenvalue weighted by molar-refractivity contribution is 0.101. The molecule has 0 aliphatic carbocycles. The van der Waals surface area contributed by atoms with Gasteiger partial charge in [0, 0.05) is 63.1 Å². The second-order valence-electron chi connectivity index (χ2n) is 9.90. The number of piperidine rings is 1. The number of aromatic nitrogens is 2. The summed E-state index contributed by atoms with van der Waals surface area (Å²) in [6, 6.07) is 7.80. The Labute approximate surface area is 200 Å². The SMILES string of the molecule is CC(=O)c1ccn(C(=O)N2CCC3(CCN(Cc4cc(Cl)ccc4N4CCCC4)C3)CC2)n1. The molecular weight excluding hydrogens is 438 g/mol. The summed E-state index contributed by atoms with van der Waals surface area (Å²) in [6.07, 6.45) is 7.29. The first-order chi connectivity index (χ1) is 15.9. The van der Waals surface area contributed by atoms with Crippen molar-refractivity contribution < 1.29 is 9.59 Å². The summed E-state index contributed by atoms with van der Waals surface area (Å²) in [4.78, 5) is 31.2. The highest BCUT2D eigenvalue weighted by Gasteiger charge is 2.41. The van der Waals surface area contributed by atoms with Gasteiger partial charge >= 0.3 is 6.03 Å². The summed E-state index contributed by atoms with van der Waals surface area (Å²) in [7, 11) is 0. The third-order valence-electron chi connectivity index (χ3n) is 7.64. The number of likely N-dealkylation sites (tertiary alicyclic amines) is 2. The van der Waals surface area contributed by atoms with Gasteiger partial charge in [-0.3, -0.25) is 9.69 Å². The van der Waals surface area contributed by atoms with Crippen LogP contribution in [0.3, 0.4) is 0 Å². The molecule has 3 aliphatic rings. The molecule has 2 aromatic rings. The Morgan fingerprint density at radius 2 is 1.76 bits per heavy atom. The van der Waals surface area contributed by atoms with Crippen LogP contribution in [0, 0.1) is 5.41 Å². The Kier molecular flexibility index (Phi) is 6.18. The van der Waals surface area contributed by atoms with Crippen molar-refractivity contribution in [2.75, 3.05) is 44.2 Å². The molecule has 3 fully saturated rings. The minimum Gasteiger partial charge on any atom is -0.371 e. The normalized spacial score (nSPS) is 20.7. The van der Waals surface area contributed by atoms with Gasteiger partial charge in [0.15, 0.2) is 5.78 Å².